The van der Waals surface area contributed by atoms with E-state index < -0.39 is 12.2 Å². The van der Waals surface area contributed by atoms with E-state index >= 15 is 0 Å². The van der Waals surface area contributed by atoms with Crippen LogP contribution in [0, 0.1) is 6.92 Å². The molecular weight excluding hydrogens is 324 g/mol. The fourth-order valence-corrected chi connectivity index (χ4v) is 2.26. The smallest absolute Gasteiger partial charge is 0.127 e. The van der Waals surface area contributed by atoms with Gasteiger partial charge in [0.1, 0.15) is 36.9 Å². The van der Waals surface area contributed by atoms with E-state index in [1.807, 2.05) is 37.3 Å². The molecule has 0 bridgehead atoms. The predicted molar refractivity (Wildman–Crippen MR) is 93.8 cm³/mol. The molecule has 2 atom stereocenters. The number of benzene rings is 2. The van der Waals surface area contributed by atoms with Crippen LogP contribution in [0.5, 0.6) is 11.5 Å². The molecule has 25 heavy (non-hydrogen) atoms. The maximum Gasteiger partial charge on any atom is 0.127 e. The SMILES string of the molecule is Cc1cc(OCC(O)CO)c(-c2ccccc2)cc1OCC(O)CO. The van der Waals surface area contributed by atoms with Gasteiger partial charge in [-0.15, -0.1) is 0 Å². The largest absolute Gasteiger partial charge is 0.490 e. The Balaban J connectivity index is 2.33. The Kier molecular flexibility index (Phi) is 7.21. The Morgan fingerprint density at radius 2 is 1.40 bits per heavy atom. The fraction of sp³-hybridized carbons (Fsp3) is 0.368. The third-order valence-electron chi connectivity index (χ3n) is 3.65. The van der Waals surface area contributed by atoms with Crippen LogP contribution in [0.25, 0.3) is 11.1 Å². The predicted octanol–water partition coefficient (Wildman–Crippen LogP) is 1.13. The summed E-state index contributed by atoms with van der Waals surface area (Å²) in [5.74, 6) is 1.13. The fourth-order valence-electron chi connectivity index (χ4n) is 2.26. The zero-order valence-corrected chi connectivity index (χ0v) is 14.1. The number of aliphatic hydroxyl groups excluding tert-OH is 4. The van der Waals surface area contributed by atoms with Gasteiger partial charge in [0, 0.05) is 5.56 Å². The molecule has 0 radical (unpaired) electrons. The zero-order valence-electron chi connectivity index (χ0n) is 14.1. The molecule has 2 aromatic carbocycles. The van der Waals surface area contributed by atoms with Gasteiger partial charge >= 0.3 is 0 Å². The lowest BCUT2D eigenvalue weighted by atomic mass is 10.0. The summed E-state index contributed by atoms with van der Waals surface area (Å²) in [5.41, 5.74) is 2.46. The summed E-state index contributed by atoms with van der Waals surface area (Å²) in [5, 5.41) is 36.9. The van der Waals surface area contributed by atoms with Crippen LogP contribution in [-0.2, 0) is 0 Å². The normalized spacial score (nSPS) is 13.3. The summed E-state index contributed by atoms with van der Waals surface area (Å²) in [4.78, 5) is 0. The summed E-state index contributed by atoms with van der Waals surface area (Å²) in [6.07, 6.45) is -1.91. The van der Waals surface area contributed by atoms with Crippen molar-refractivity contribution in [3.8, 4) is 22.6 Å². The van der Waals surface area contributed by atoms with Crippen molar-refractivity contribution >= 4 is 0 Å². The molecule has 0 aromatic heterocycles. The van der Waals surface area contributed by atoms with Gasteiger partial charge in [0.05, 0.1) is 13.2 Å². The van der Waals surface area contributed by atoms with Crippen molar-refractivity contribution < 1.29 is 29.9 Å². The Labute approximate surface area is 146 Å². The second-order valence-electron chi connectivity index (χ2n) is 5.77. The Bertz CT molecular complexity index is 658. The third kappa shape index (κ3) is 5.44. The highest BCUT2D eigenvalue weighted by molar-refractivity contribution is 5.73. The first-order valence-electron chi connectivity index (χ1n) is 8.08. The quantitative estimate of drug-likeness (QED) is 0.542. The van der Waals surface area contributed by atoms with Crippen molar-refractivity contribution in [2.75, 3.05) is 26.4 Å². The molecule has 0 heterocycles. The first-order chi connectivity index (χ1) is 12.0. The molecular formula is C19H24O6. The van der Waals surface area contributed by atoms with Crippen LogP contribution in [0.3, 0.4) is 0 Å². The van der Waals surface area contributed by atoms with Crippen molar-refractivity contribution in [3.05, 3.63) is 48.0 Å². The highest BCUT2D eigenvalue weighted by Gasteiger charge is 2.14. The van der Waals surface area contributed by atoms with Crippen LogP contribution >= 0.6 is 0 Å². The maximum absolute atomic E-state index is 9.53. The van der Waals surface area contributed by atoms with Gasteiger partial charge < -0.3 is 29.9 Å². The number of rotatable bonds is 9. The van der Waals surface area contributed by atoms with Gasteiger partial charge in [0.15, 0.2) is 0 Å². The topological polar surface area (TPSA) is 99.4 Å². The van der Waals surface area contributed by atoms with Gasteiger partial charge in [-0.05, 0) is 30.2 Å². The van der Waals surface area contributed by atoms with Crippen molar-refractivity contribution in [2.24, 2.45) is 0 Å². The number of hydrogen-bond donors (Lipinski definition) is 4. The number of hydrogen-bond acceptors (Lipinski definition) is 6. The van der Waals surface area contributed by atoms with Crippen LogP contribution < -0.4 is 9.47 Å². The molecule has 0 saturated heterocycles. The zero-order chi connectivity index (χ0) is 18.2. The van der Waals surface area contributed by atoms with E-state index in [0.29, 0.717) is 11.5 Å². The first kappa shape index (κ1) is 19.2. The molecule has 6 heteroatoms. The Morgan fingerprint density at radius 1 is 0.840 bits per heavy atom. The van der Waals surface area contributed by atoms with Gasteiger partial charge in [-0.25, -0.2) is 0 Å². The van der Waals surface area contributed by atoms with Gasteiger partial charge in [-0.3, -0.25) is 0 Å². The van der Waals surface area contributed by atoms with E-state index in [2.05, 4.69) is 0 Å². The second kappa shape index (κ2) is 9.39. The molecule has 4 N–H and O–H groups in total. The lowest BCUT2D eigenvalue weighted by molar-refractivity contribution is 0.0524. The second-order valence-corrected chi connectivity index (χ2v) is 5.77. The van der Waals surface area contributed by atoms with Crippen LogP contribution in [0.2, 0.25) is 0 Å². The third-order valence-corrected chi connectivity index (χ3v) is 3.65. The van der Waals surface area contributed by atoms with Gasteiger partial charge in [-0.1, -0.05) is 30.3 Å². The molecule has 0 fully saturated rings. The monoisotopic (exact) mass is 348 g/mol. The van der Waals surface area contributed by atoms with Crippen LogP contribution in [-0.4, -0.2) is 59.1 Å². The van der Waals surface area contributed by atoms with Gasteiger partial charge in [0.25, 0.3) is 0 Å². The van der Waals surface area contributed by atoms with E-state index in [-0.39, 0.29) is 26.4 Å². The lowest BCUT2D eigenvalue weighted by Gasteiger charge is -2.18. The summed E-state index contributed by atoms with van der Waals surface area (Å²) >= 11 is 0. The van der Waals surface area contributed by atoms with Crippen LogP contribution in [0.4, 0.5) is 0 Å². The first-order valence-corrected chi connectivity index (χ1v) is 8.08. The van der Waals surface area contributed by atoms with Crippen LogP contribution in [0.15, 0.2) is 42.5 Å². The molecule has 0 aliphatic rings. The average Bonchev–Trinajstić information content (AvgIpc) is 2.65. The van der Waals surface area contributed by atoms with E-state index in [0.717, 1.165) is 16.7 Å². The van der Waals surface area contributed by atoms with Crippen molar-refractivity contribution in [1.82, 2.24) is 0 Å². The number of aryl methyl sites for hydroxylation is 1. The van der Waals surface area contributed by atoms with Crippen molar-refractivity contribution in [2.45, 2.75) is 19.1 Å². The molecule has 2 aromatic rings. The molecule has 2 rings (SSSR count). The standard InChI is InChI=1S/C19H24O6/c1-13-7-19(25-12-16(23)10-21)17(14-5-3-2-4-6-14)8-18(13)24-11-15(22)9-20/h2-8,15-16,20-23H,9-12H2,1H3. The van der Waals surface area contributed by atoms with Gasteiger partial charge in [0.2, 0.25) is 0 Å². The van der Waals surface area contributed by atoms with E-state index in [9.17, 15) is 10.2 Å². The minimum Gasteiger partial charge on any atom is -0.490 e. The van der Waals surface area contributed by atoms with Crippen LogP contribution in [0.1, 0.15) is 5.56 Å². The number of ether oxygens (including phenoxy) is 2. The molecule has 136 valence electrons. The van der Waals surface area contributed by atoms with E-state index in [1.54, 1.807) is 12.1 Å². The van der Waals surface area contributed by atoms with E-state index in [4.69, 9.17) is 19.7 Å². The molecule has 0 spiro atoms. The molecule has 0 aliphatic carbocycles. The molecule has 2 unspecified atom stereocenters. The summed E-state index contributed by atoms with van der Waals surface area (Å²) in [6, 6.07) is 13.1. The number of aliphatic hydroxyl groups is 4. The molecule has 0 amide bonds. The Morgan fingerprint density at radius 3 is 1.96 bits per heavy atom. The van der Waals surface area contributed by atoms with Crippen molar-refractivity contribution in [3.63, 3.8) is 0 Å². The highest BCUT2D eigenvalue weighted by Crippen LogP contribution is 2.36. The summed E-state index contributed by atoms with van der Waals surface area (Å²) in [7, 11) is 0. The maximum atomic E-state index is 9.53. The molecule has 6 nitrogen and oxygen atoms in total. The van der Waals surface area contributed by atoms with E-state index in [1.165, 1.54) is 0 Å². The molecule has 0 saturated carbocycles. The summed E-state index contributed by atoms with van der Waals surface area (Å²) < 4.78 is 11.3. The Hall–Kier alpha value is -2.12. The minimum absolute atomic E-state index is 0.0188. The summed E-state index contributed by atoms with van der Waals surface area (Å²) in [6.45, 7) is 1.05. The van der Waals surface area contributed by atoms with Crippen molar-refractivity contribution in [1.29, 1.82) is 0 Å². The molecule has 0 aliphatic heterocycles. The van der Waals surface area contributed by atoms with Gasteiger partial charge in [-0.2, -0.15) is 0 Å². The highest BCUT2D eigenvalue weighted by atomic mass is 16.5. The minimum atomic E-state index is -0.959. The average molecular weight is 348 g/mol. The lowest BCUT2D eigenvalue weighted by Crippen LogP contribution is -2.22.